The molecular formula is C18H18I3N3O9. The van der Waals surface area contributed by atoms with E-state index in [4.69, 9.17) is 10.5 Å². The van der Waals surface area contributed by atoms with Gasteiger partial charge >= 0.3 is 17.9 Å². The smallest absolute Gasteiger partial charge is 0.303 e. The number of hydrogen-bond acceptors (Lipinski definition) is 9. The van der Waals surface area contributed by atoms with Crippen LogP contribution in [0, 0.1) is 10.7 Å². The fourth-order valence-electron chi connectivity index (χ4n) is 2.24. The maximum atomic E-state index is 12.3. The number of rotatable bonds is 9. The molecule has 0 aliphatic rings. The van der Waals surface area contributed by atoms with E-state index in [9.17, 15) is 28.8 Å². The monoisotopic (exact) mass is 801 g/mol. The van der Waals surface area contributed by atoms with Crippen LogP contribution in [0.3, 0.4) is 0 Å². The van der Waals surface area contributed by atoms with Crippen LogP contribution in [-0.2, 0) is 43.0 Å². The summed E-state index contributed by atoms with van der Waals surface area (Å²) >= 11 is 5.50. The normalized spacial score (nSPS) is 11.1. The number of halogens is 3. The second-order valence-corrected chi connectivity index (χ2v) is 9.39. The van der Waals surface area contributed by atoms with Crippen molar-refractivity contribution in [2.45, 2.75) is 26.9 Å². The van der Waals surface area contributed by atoms with Crippen molar-refractivity contribution in [3.63, 3.8) is 0 Å². The number of benzene rings is 1. The summed E-state index contributed by atoms with van der Waals surface area (Å²) in [5, 5.41) is 5.10. The topological polar surface area (TPSA) is 180 Å². The Morgan fingerprint density at radius 2 is 1.15 bits per heavy atom. The lowest BCUT2D eigenvalue weighted by atomic mass is 10.1. The molecule has 1 aromatic carbocycles. The average molecular weight is 801 g/mol. The van der Waals surface area contributed by atoms with Gasteiger partial charge in [-0.2, -0.15) is 0 Å². The van der Waals surface area contributed by atoms with Crippen molar-refractivity contribution in [3.05, 3.63) is 16.3 Å². The molecular weight excluding hydrogens is 783 g/mol. The summed E-state index contributed by atoms with van der Waals surface area (Å²) in [5.74, 6) is -4.51. The van der Waals surface area contributed by atoms with Crippen LogP contribution in [0.2, 0.25) is 0 Å². The van der Waals surface area contributed by atoms with Crippen LogP contribution in [0.15, 0.2) is 0 Å². The maximum absolute atomic E-state index is 12.3. The third kappa shape index (κ3) is 8.83. The molecule has 0 saturated carbocycles. The quantitative estimate of drug-likeness (QED) is 0.190. The molecule has 0 heterocycles. The number of ether oxygens (including phenoxy) is 3. The maximum Gasteiger partial charge on any atom is 0.303 e. The van der Waals surface area contributed by atoms with E-state index in [-0.39, 0.29) is 16.9 Å². The van der Waals surface area contributed by atoms with Crippen molar-refractivity contribution in [1.82, 2.24) is 0 Å². The predicted molar refractivity (Wildman–Crippen MR) is 139 cm³/mol. The van der Waals surface area contributed by atoms with E-state index >= 15 is 0 Å². The van der Waals surface area contributed by atoms with Gasteiger partial charge in [0.2, 0.25) is 6.10 Å². The highest BCUT2D eigenvalue weighted by molar-refractivity contribution is 14.1. The molecule has 0 spiro atoms. The molecule has 15 heteroatoms. The number of nitrogens with two attached hydrogens (primary N) is 1. The Bertz CT molecular complexity index is 955. The lowest BCUT2D eigenvalue weighted by Gasteiger charge is -2.24. The van der Waals surface area contributed by atoms with Crippen LogP contribution >= 0.6 is 67.8 Å². The summed E-state index contributed by atoms with van der Waals surface area (Å²) < 4.78 is 15.4. The number of hydrogen-bond donors (Lipinski definition) is 3. The molecule has 33 heavy (non-hydrogen) atoms. The van der Waals surface area contributed by atoms with Gasteiger partial charge in [0.1, 0.15) is 0 Å². The van der Waals surface area contributed by atoms with Gasteiger partial charge in [0.15, 0.2) is 13.2 Å². The average Bonchev–Trinajstić information content (AvgIpc) is 2.70. The van der Waals surface area contributed by atoms with Crippen LogP contribution in [0.1, 0.15) is 32.4 Å². The van der Waals surface area contributed by atoms with Crippen molar-refractivity contribution >= 4 is 115 Å². The van der Waals surface area contributed by atoms with E-state index in [1.807, 2.05) is 67.8 Å². The fraction of sp³-hybridized carbons (Fsp3) is 0.333. The van der Waals surface area contributed by atoms with Crippen LogP contribution in [0.25, 0.3) is 0 Å². The highest BCUT2D eigenvalue weighted by Gasteiger charge is 2.32. The van der Waals surface area contributed by atoms with Gasteiger partial charge in [0, 0.05) is 33.5 Å². The Kier molecular flexibility index (Phi) is 11.7. The largest absolute Gasteiger partial charge is 0.456 e. The molecule has 12 nitrogen and oxygen atoms in total. The van der Waals surface area contributed by atoms with Crippen molar-refractivity contribution < 1.29 is 43.0 Å². The van der Waals surface area contributed by atoms with Gasteiger partial charge in [-0.05, 0) is 67.8 Å². The lowest BCUT2D eigenvalue weighted by molar-refractivity contribution is -0.153. The second kappa shape index (κ2) is 13.2. The number of amides is 3. The predicted octanol–water partition coefficient (Wildman–Crippen LogP) is 1.59. The van der Waals surface area contributed by atoms with Crippen LogP contribution in [0.5, 0.6) is 0 Å². The van der Waals surface area contributed by atoms with E-state index in [2.05, 4.69) is 20.1 Å². The van der Waals surface area contributed by atoms with Crippen molar-refractivity contribution in [3.8, 4) is 0 Å². The molecule has 0 aromatic heterocycles. The second-order valence-electron chi connectivity index (χ2n) is 6.15. The molecule has 1 rings (SSSR count). The van der Waals surface area contributed by atoms with Gasteiger partial charge in [-0.25, -0.2) is 0 Å². The highest BCUT2D eigenvalue weighted by atomic mass is 127. The van der Waals surface area contributed by atoms with E-state index in [0.717, 1.165) is 20.8 Å². The number of nitrogens with one attached hydrogen (secondary N) is 2. The Hall–Kier alpha value is -1.77. The van der Waals surface area contributed by atoms with Gasteiger partial charge in [0.05, 0.1) is 14.9 Å². The van der Waals surface area contributed by atoms with E-state index < -0.39 is 54.9 Å². The Morgan fingerprint density at radius 3 is 1.45 bits per heavy atom. The van der Waals surface area contributed by atoms with Crippen molar-refractivity contribution in [2.75, 3.05) is 23.8 Å². The van der Waals surface area contributed by atoms with E-state index in [0.29, 0.717) is 10.7 Å². The van der Waals surface area contributed by atoms with E-state index in [1.165, 1.54) is 0 Å². The molecule has 1 atom stereocenters. The molecule has 4 N–H and O–H groups in total. The zero-order chi connectivity index (χ0) is 25.5. The summed E-state index contributed by atoms with van der Waals surface area (Å²) in [4.78, 5) is 70.2. The third-order valence-electron chi connectivity index (χ3n) is 3.50. The molecule has 0 aliphatic heterocycles. The van der Waals surface area contributed by atoms with Crippen LogP contribution in [0.4, 0.5) is 11.4 Å². The van der Waals surface area contributed by atoms with Crippen LogP contribution < -0.4 is 16.4 Å². The fourth-order valence-corrected chi connectivity index (χ4v) is 6.51. The first kappa shape index (κ1) is 29.3. The zero-order valence-corrected chi connectivity index (χ0v) is 23.8. The minimum absolute atomic E-state index is 0.116. The van der Waals surface area contributed by atoms with Gasteiger partial charge in [-0.3, -0.25) is 28.8 Å². The first-order valence-corrected chi connectivity index (χ1v) is 12.0. The lowest BCUT2D eigenvalue weighted by Crippen LogP contribution is -2.29. The highest BCUT2D eigenvalue weighted by Crippen LogP contribution is 2.42. The first-order chi connectivity index (χ1) is 15.3. The summed E-state index contributed by atoms with van der Waals surface area (Å²) in [7, 11) is 0. The number of esters is 3. The van der Waals surface area contributed by atoms with E-state index in [1.54, 1.807) is 0 Å². The van der Waals surface area contributed by atoms with Gasteiger partial charge in [-0.15, -0.1) is 0 Å². The zero-order valence-electron chi connectivity index (χ0n) is 17.4. The molecule has 1 unspecified atom stereocenters. The number of anilines is 2. The van der Waals surface area contributed by atoms with Crippen molar-refractivity contribution in [2.24, 2.45) is 5.73 Å². The molecule has 0 aliphatic carbocycles. The standard InChI is InChI=1S/C18H18I3N3O9/c1-6(25)31-4-9(28)23-15-12(19)11(17(18(22)30)33-8(3)27)13(20)16(14(15)21)24-10(29)5-32-7(2)26/h17H,4-5H2,1-3H3,(H2,22,30)(H,23,28)(H,24,29). The summed E-state index contributed by atoms with van der Waals surface area (Å²) in [6.45, 7) is 2.19. The third-order valence-corrected chi connectivity index (χ3v) is 6.82. The summed E-state index contributed by atoms with van der Waals surface area (Å²) in [6, 6.07) is 0. The summed E-state index contributed by atoms with van der Waals surface area (Å²) in [6.07, 6.45) is -1.54. The van der Waals surface area contributed by atoms with Gasteiger partial charge in [-0.1, -0.05) is 0 Å². The Balaban J connectivity index is 3.62. The molecule has 1 aromatic rings. The molecule has 0 fully saturated rings. The molecule has 0 radical (unpaired) electrons. The summed E-state index contributed by atoms with van der Waals surface area (Å²) in [5.41, 5.74) is 5.85. The number of carbonyl (C=O) groups is 6. The van der Waals surface area contributed by atoms with Gasteiger partial charge < -0.3 is 30.6 Å². The molecule has 0 saturated heterocycles. The number of primary amides is 1. The van der Waals surface area contributed by atoms with Gasteiger partial charge in [0.25, 0.3) is 17.7 Å². The molecule has 0 bridgehead atoms. The first-order valence-electron chi connectivity index (χ1n) is 8.79. The molecule has 3 amide bonds. The Morgan fingerprint density at radius 1 is 0.758 bits per heavy atom. The molecule has 180 valence electrons. The minimum atomic E-state index is -1.54. The van der Waals surface area contributed by atoms with Crippen LogP contribution in [-0.4, -0.2) is 48.8 Å². The Labute approximate surface area is 228 Å². The number of carbonyl (C=O) groups excluding carboxylic acids is 6. The SMILES string of the molecule is CC(=O)OCC(=O)Nc1c(I)c(NC(=O)COC(C)=O)c(I)c(C(OC(C)=O)C(N)=O)c1I. The van der Waals surface area contributed by atoms with Crippen molar-refractivity contribution in [1.29, 1.82) is 0 Å². The minimum Gasteiger partial charge on any atom is -0.456 e.